The van der Waals surface area contributed by atoms with Crippen molar-refractivity contribution in [2.45, 2.75) is 25.4 Å². The lowest BCUT2D eigenvalue weighted by Crippen LogP contribution is -2.38. The van der Waals surface area contributed by atoms with Crippen LogP contribution in [0.15, 0.2) is 28.7 Å². The fourth-order valence-electron chi connectivity index (χ4n) is 4.09. The number of hydrogen-bond donors (Lipinski definition) is 1. The van der Waals surface area contributed by atoms with Gasteiger partial charge in [-0.1, -0.05) is 0 Å². The van der Waals surface area contributed by atoms with Crippen molar-refractivity contribution in [3.8, 4) is 5.75 Å². The molecule has 5 heteroatoms. The number of hydrogen-bond acceptors (Lipinski definition) is 3. The van der Waals surface area contributed by atoms with Crippen LogP contribution in [0.25, 0.3) is 10.9 Å². The largest absolute Gasteiger partial charge is 0.497 e. The van der Waals surface area contributed by atoms with Gasteiger partial charge in [0.15, 0.2) is 0 Å². The van der Waals surface area contributed by atoms with Gasteiger partial charge in [0.1, 0.15) is 11.5 Å². The number of H-pyrrole nitrogens is 1. The van der Waals surface area contributed by atoms with Crippen LogP contribution in [0.4, 0.5) is 4.39 Å². The molecule has 1 atom stereocenters. The van der Waals surface area contributed by atoms with E-state index in [0.29, 0.717) is 0 Å². The van der Waals surface area contributed by atoms with Crippen molar-refractivity contribution < 1.29 is 13.5 Å². The van der Waals surface area contributed by atoms with E-state index in [2.05, 4.69) is 22.0 Å². The van der Waals surface area contributed by atoms with E-state index in [4.69, 9.17) is 9.15 Å². The average molecular weight is 312 g/mol. The van der Waals surface area contributed by atoms with Gasteiger partial charge >= 0.3 is 0 Å². The summed E-state index contributed by atoms with van der Waals surface area (Å²) in [5.41, 5.74) is 4.72. The zero-order chi connectivity index (χ0) is 15.6. The summed E-state index contributed by atoms with van der Waals surface area (Å²) in [6, 6.07) is 7.41. The van der Waals surface area contributed by atoms with Crippen LogP contribution in [0.2, 0.25) is 0 Å². The molecule has 4 heterocycles. The summed E-state index contributed by atoms with van der Waals surface area (Å²) in [5, 5.41) is 1.20. The van der Waals surface area contributed by atoms with Gasteiger partial charge in [-0.15, -0.1) is 0 Å². The van der Waals surface area contributed by atoms with Crippen LogP contribution in [0, 0.1) is 6.01 Å². The SMILES string of the molecule is COc1ccc2[nH]c3c(c2c1)C[C@H]1c2cc(F)oc2CCN1C3. The van der Waals surface area contributed by atoms with E-state index in [-0.39, 0.29) is 6.04 Å². The molecule has 2 aliphatic heterocycles. The molecule has 23 heavy (non-hydrogen) atoms. The van der Waals surface area contributed by atoms with Gasteiger partial charge in [0.2, 0.25) is 0 Å². The number of halogens is 1. The first-order valence-electron chi connectivity index (χ1n) is 7.92. The van der Waals surface area contributed by atoms with Crippen LogP contribution in [0.1, 0.15) is 28.6 Å². The summed E-state index contributed by atoms with van der Waals surface area (Å²) >= 11 is 0. The second-order valence-electron chi connectivity index (χ2n) is 6.36. The first-order valence-corrected chi connectivity index (χ1v) is 7.92. The van der Waals surface area contributed by atoms with Gasteiger partial charge in [-0.2, -0.15) is 4.39 Å². The van der Waals surface area contributed by atoms with Gasteiger partial charge in [-0.25, -0.2) is 0 Å². The number of methoxy groups -OCH3 is 1. The average Bonchev–Trinajstić information content (AvgIpc) is 3.11. The van der Waals surface area contributed by atoms with Crippen molar-refractivity contribution in [1.29, 1.82) is 0 Å². The number of aromatic amines is 1. The fourth-order valence-corrected chi connectivity index (χ4v) is 4.09. The van der Waals surface area contributed by atoms with Gasteiger partial charge in [-0.3, -0.25) is 4.90 Å². The molecule has 5 rings (SSSR count). The molecule has 0 radical (unpaired) electrons. The van der Waals surface area contributed by atoms with E-state index in [1.54, 1.807) is 13.2 Å². The number of nitrogens with zero attached hydrogens (tertiary/aromatic N) is 1. The second-order valence-corrected chi connectivity index (χ2v) is 6.36. The lowest BCUT2D eigenvalue weighted by molar-refractivity contribution is 0.151. The van der Waals surface area contributed by atoms with Gasteiger partial charge in [0.25, 0.3) is 6.01 Å². The third kappa shape index (κ3) is 1.86. The van der Waals surface area contributed by atoms with Crippen LogP contribution < -0.4 is 4.74 Å². The van der Waals surface area contributed by atoms with E-state index >= 15 is 0 Å². The maximum absolute atomic E-state index is 13.5. The zero-order valence-corrected chi connectivity index (χ0v) is 12.9. The van der Waals surface area contributed by atoms with E-state index in [9.17, 15) is 4.39 Å². The quantitative estimate of drug-likeness (QED) is 0.747. The Labute approximate surface area is 132 Å². The molecule has 0 unspecified atom stereocenters. The molecule has 0 amide bonds. The number of aromatic nitrogens is 1. The third-order valence-electron chi connectivity index (χ3n) is 5.20. The van der Waals surface area contributed by atoms with Crippen molar-refractivity contribution in [3.05, 3.63) is 52.9 Å². The van der Waals surface area contributed by atoms with E-state index in [0.717, 1.165) is 48.5 Å². The normalized spacial score (nSPS) is 20.2. The van der Waals surface area contributed by atoms with E-state index in [1.807, 2.05) is 6.07 Å². The van der Waals surface area contributed by atoms with Gasteiger partial charge < -0.3 is 14.1 Å². The van der Waals surface area contributed by atoms with Crippen LogP contribution in [-0.4, -0.2) is 23.5 Å². The molecular formula is C18H17FN2O2. The Kier molecular flexibility index (Phi) is 2.65. The van der Waals surface area contributed by atoms with Crippen LogP contribution >= 0.6 is 0 Å². The molecule has 1 aromatic carbocycles. The molecule has 0 aliphatic carbocycles. The van der Waals surface area contributed by atoms with Crippen molar-refractivity contribution in [3.63, 3.8) is 0 Å². The Balaban J connectivity index is 1.64. The summed E-state index contributed by atoms with van der Waals surface area (Å²) in [6.07, 6.45) is 1.65. The minimum atomic E-state index is -0.469. The number of ether oxygens (including phenoxy) is 1. The standard InChI is InChI=1S/C18H17FN2O2/c1-22-10-2-3-14-11(6-10)12-7-16-13-8-18(19)23-17(13)4-5-21(16)9-15(12)20-14/h2-3,6,8,16,20H,4-5,7,9H2,1H3/t16-/m0/s1. The third-order valence-corrected chi connectivity index (χ3v) is 5.20. The van der Waals surface area contributed by atoms with Crippen molar-refractivity contribution >= 4 is 10.9 Å². The monoisotopic (exact) mass is 312 g/mol. The molecule has 4 nitrogen and oxygen atoms in total. The van der Waals surface area contributed by atoms with Crippen LogP contribution in [0.3, 0.4) is 0 Å². The molecule has 1 N–H and O–H groups in total. The van der Waals surface area contributed by atoms with Crippen molar-refractivity contribution in [1.82, 2.24) is 9.88 Å². The maximum atomic E-state index is 13.5. The first kappa shape index (κ1) is 13.2. The number of rotatable bonds is 1. The van der Waals surface area contributed by atoms with Crippen LogP contribution in [0.5, 0.6) is 5.75 Å². The second kappa shape index (κ2) is 4.61. The fraction of sp³-hybridized carbons (Fsp3) is 0.333. The molecule has 0 saturated heterocycles. The first-order chi connectivity index (χ1) is 11.2. The Morgan fingerprint density at radius 2 is 2.26 bits per heavy atom. The number of fused-ring (bicyclic) bond motifs is 6. The summed E-state index contributed by atoms with van der Waals surface area (Å²) in [5.74, 6) is 1.67. The lowest BCUT2D eigenvalue weighted by atomic mass is 9.88. The molecule has 0 fully saturated rings. The molecule has 3 aromatic rings. The summed E-state index contributed by atoms with van der Waals surface area (Å²) in [4.78, 5) is 5.94. The number of benzene rings is 1. The van der Waals surface area contributed by atoms with Gasteiger partial charge in [-0.05, 0) is 30.2 Å². The highest BCUT2D eigenvalue weighted by atomic mass is 19.1. The Morgan fingerprint density at radius 3 is 3.13 bits per heavy atom. The Hall–Kier alpha value is -2.27. The van der Waals surface area contributed by atoms with Gasteiger partial charge in [0, 0.05) is 53.8 Å². The Morgan fingerprint density at radius 1 is 1.35 bits per heavy atom. The predicted molar refractivity (Wildman–Crippen MR) is 84.1 cm³/mol. The summed E-state index contributed by atoms with van der Waals surface area (Å²) in [7, 11) is 1.68. The van der Waals surface area contributed by atoms with E-state index < -0.39 is 6.01 Å². The minimum absolute atomic E-state index is 0.199. The molecule has 118 valence electrons. The summed E-state index contributed by atoms with van der Waals surface area (Å²) in [6.45, 7) is 1.77. The maximum Gasteiger partial charge on any atom is 0.278 e. The van der Waals surface area contributed by atoms with Crippen LogP contribution in [-0.2, 0) is 19.4 Å². The van der Waals surface area contributed by atoms with Crippen molar-refractivity contribution in [2.75, 3.05) is 13.7 Å². The lowest BCUT2D eigenvalue weighted by Gasteiger charge is -2.38. The molecular weight excluding hydrogens is 295 g/mol. The molecule has 0 saturated carbocycles. The number of furan rings is 1. The smallest absolute Gasteiger partial charge is 0.278 e. The topological polar surface area (TPSA) is 41.4 Å². The number of nitrogens with one attached hydrogen (secondary N) is 1. The van der Waals surface area contributed by atoms with Gasteiger partial charge in [0.05, 0.1) is 7.11 Å². The predicted octanol–water partition coefficient (Wildman–Crippen LogP) is 3.56. The molecule has 2 aliphatic rings. The highest BCUT2D eigenvalue weighted by molar-refractivity contribution is 5.86. The minimum Gasteiger partial charge on any atom is -0.497 e. The highest BCUT2D eigenvalue weighted by Crippen LogP contribution is 2.41. The molecule has 2 aromatic heterocycles. The summed E-state index contributed by atoms with van der Waals surface area (Å²) < 4.78 is 24.1. The van der Waals surface area contributed by atoms with Crippen molar-refractivity contribution in [2.24, 2.45) is 0 Å². The molecule has 0 spiro atoms. The zero-order valence-electron chi connectivity index (χ0n) is 12.9. The Bertz CT molecular complexity index is 911. The highest BCUT2D eigenvalue weighted by Gasteiger charge is 2.35. The molecule has 0 bridgehead atoms. The van der Waals surface area contributed by atoms with E-state index in [1.165, 1.54) is 16.6 Å².